The van der Waals surface area contributed by atoms with E-state index >= 15 is 0 Å². The minimum absolute atomic E-state index is 0.0780. The topological polar surface area (TPSA) is 306 Å². The van der Waals surface area contributed by atoms with Crippen molar-refractivity contribution >= 4 is 33.4 Å². The molecule has 22 heteroatoms. The van der Waals surface area contributed by atoms with Gasteiger partial charge in [0.05, 0.1) is 25.4 Å². The van der Waals surface area contributed by atoms with Crippen LogP contribution in [0.5, 0.6) is 0 Å². The maximum Gasteiger partial charge on any atom is 0.481 e. The predicted octanol–water partition coefficient (Wildman–Crippen LogP) is 8.36. The number of allylic oxidation sites excluding steroid dienone is 6. The van der Waals surface area contributed by atoms with Crippen LogP contribution in [-0.4, -0.2) is 108 Å². The van der Waals surface area contributed by atoms with Crippen molar-refractivity contribution in [3.05, 3.63) is 71.4 Å². The van der Waals surface area contributed by atoms with Crippen molar-refractivity contribution in [3.8, 4) is 0 Å². The number of carbonyl (C=O) groups excluding carboxylic acids is 2. The van der Waals surface area contributed by atoms with Gasteiger partial charge in [-0.3, -0.25) is 23.2 Å². The lowest BCUT2D eigenvalue weighted by Crippen LogP contribution is -2.36. The highest BCUT2D eigenvalue weighted by atomic mass is 31.3. The van der Waals surface area contributed by atoms with Gasteiger partial charge in [0, 0.05) is 19.0 Å². The van der Waals surface area contributed by atoms with E-state index in [-0.39, 0.29) is 31.5 Å². The zero-order valence-electron chi connectivity index (χ0n) is 42.6. The standard InChI is InChI=1S/C50H85N3O17P2/c1-4-5-21-28-40(54)29-23-18-14-12-15-19-24-30-41(55)31-26-33-46(57)68-42(36-65-45(56)32-25-20-16-11-9-7-6-8-10-13-17-22-27-39(2)3)37-66-71(61,62)70-72(63,64)67-38-43-47(58)48(59)49(69-43)53-35-34-44(51)52-50(53)60/h14-15,18-19,23-24,29-30,34-35,39-43,47-49,54-55,58-59H,4-13,16-17,20-22,25-28,31-33,36-38H2,1-3H3,(H,61,62)(H,63,64)(H2,51,52,60)/b18-14-,19-15-,29-23+,30-24+/t40-,41-,42-,43-,47-,48-,49-/m1/s1. The van der Waals surface area contributed by atoms with E-state index in [1.807, 2.05) is 24.3 Å². The van der Waals surface area contributed by atoms with Gasteiger partial charge in [-0.1, -0.05) is 166 Å². The number of aliphatic hydroxyl groups is 4. The fraction of sp³-hybridized carbons (Fsp3) is 0.720. The molecular formula is C50H85N3O17P2. The summed E-state index contributed by atoms with van der Waals surface area (Å²) < 4.78 is 56.6. The molecule has 20 nitrogen and oxygen atoms in total. The van der Waals surface area contributed by atoms with Gasteiger partial charge in [0.15, 0.2) is 12.3 Å². The van der Waals surface area contributed by atoms with Crippen LogP contribution in [0.25, 0.3) is 0 Å². The average molecular weight is 1060 g/mol. The van der Waals surface area contributed by atoms with Crippen LogP contribution in [-0.2, 0) is 46.3 Å². The maximum atomic E-state index is 12.9. The van der Waals surface area contributed by atoms with Gasteiger partial charge < -0.3 is 50.2 Å². The van der Waals surface area contributed by atoms with Crippen LogP contribution < -0.4 is 11.4 Å². The van der Waals surface area contributed by atoms with Crippen molar-refractivity contribution in [2.75, 3.05) is 25.6 Å². The number of phosphoric ester groups is 2. The molecule has 72 heavy (non-hydrogen) atoms. The van der Waals surface area contributed by atoms with Gasteiger partial charge in [0.1, 0.15) is 30.7 Å². The van der Waals surface area contributed by atoms with Crippen molar-refractivity contribution in [3.63, 3.8) is 0 Å². The van der Waals surface area contributed by atoms with E-state index in [1.54, 1.807) is 24.3 Å². The molecule has 1 fully saturated rings. The highest BCUT2D eigenvalue weighted by molar-refractivity contribution is 7.61. The summed E-state index contributed by atoms with van der Waals surface area (Å²) in [5, 5.41) is 41.2. The van der Waals surface area contributed by atoms with E-state index in [9.17, 15) is 53.7 Å². The predicted molar refractivity (Wildman–Crippen MR) is 273 cm³/mol. The van der Waals surface area contributed by atoms with Crippen LogP contribution in [0, 0.1) is 5.92 Å². The number of nitrogens with two attached hydrogens (primary N) is 1. The fourth-order valence-corrected chi connectivity index (χ4v) is 9.59. The summed E-state index contributed by atoms with van der Waals surface area (Å²) in [4.78, 5) is 61.9. The first-order valence-corrected chi connectivity index (χ1v) is 28.7. The summed E-state index contributed by atoms with van der Waals surface area (Å²) in [5.41, 5.74) is 4.56. The molecule has 8 N–H and O–H groups in total. The van der Waals surface area contributed by atoms with Crippen LogP contribution >= 0.6 is 15.6 Å². The number of nitrogens with zero attached hydrogens (tertiary/aromatic N) is 2. The molecule has 1 saturated heterocycles. The largest absolute Gasteiger partial charge is 0.481 e. The quantitative estimate of drug-likeness (QED) is 0.0140. The van der Waals surface area contributed by atoms with Gasteiger partial charge in [0.2, 0.25) is 0 Å². The molecular weight excluding hydrogens is 977 g/mol. The Balaban J connectivity index is 1.87. The van der Waals surface area contributed by atoms with Gasteiger partial charge in [-0.2, -0.15) is 9.29 Å². The Hall–Kier alpha value is -3.36. The zero-order valence-corrected chi connectivity index (χ0v) is 44.4. The molecule has 1 aliphatic heterocycles. The van der Waals surface area contributed by atoms with Crippen molar-refractivity contribution in [2.24, 2.45) is 5.92 Å². The highest BCUT2D eigenvalue weighted by Crippen LogP contribution is 2.60. The van der Waals surface area contributed by atoms with E-state index in [0.29, 0.717) is 12.8 Å². The monoisotopic (exact) mass is 1060 g/mol. The lowest BCUT2D eigenvalue weighted by Gasteiger charge is -2.21. The summed E-state index contributed by atoms with van der Waals surface area (Å²) in [6, 6.07) is 1.23. The molecule has 2 unspecified atom stereocenters. The van der Waals surface area contributed by atoms with E-state index in [2.05, 4.69) is 30.1 Å². The van der Waals surface area contributed by atoms with Crippen molar-refractivity contribution in [1.29, 1.82) is 0 Å². The van der Waals surface area contributed by atoms with E-state index in [1.165, 1.54) is 57.4 Å². The van der Waals surface area contributed by atoms with E-state index in [4.69, 9.17) is 29.0 Å². The summed E-state index contributed by atoms with van der Waals surface area (Å²) >= 11 is 0. The average Bonchev–Trinajstić information content (AvgIpc) is 3.59. The third kappa shape index (κ3) is 30.7. The summed E-state index contributed by atoms with van der Waals surface area (Å²) in [5.74, 6) is -0.771. The molecule has 0 radical (unpaired) electrons. The third-order valence-electron chi connectivity index (χ3n) is 11.6. The molecule has 1 aromatic heterocycles. The fourth-order valence-electron chi connectivity index (χ4n) is 7.48. The number of aliphatic hydroxyl groups excluding tert-OH is 4. The van der Waals surface area contributed by atoms with Gasteiger partial charge in [0.25, 0.3) is 0 Å². The maximum absolute atomic E-state index is 12.9. The molecule has 0 amide bonds. The lowest BCUT2D eigenvalue weighted by molar-refractivity contribution is -0.161. The second-order valence-electron chi connectivity index (χ2n) is 18.6. The number of carbonyl (C=O) groups is 2. The summed E-state index contributed by atoms with van der Waals surface area (Å²) in [6.45, 7) is 4.13. The van der Waals surface area contributed by atoms with Gasteiger partial charge in [-0.15, -0.1) is 0 Å². The SMILES string of the molecule is CCCCC[C@@H](O)/C=C/C=C\C/C=C\C=C\[C@@H](O)CCCC(=O)O[C@H](COC(=O)CCCCCCCCCCCCCCC(C)C)COP(=O)(O)OP(=O)(O)OC[C@H]1O[C@@H](n2ccc(N)nc2=O)[C@H](O)[C@@H]1O. The molecule has 0 aliphatic carbocycles. The molecule has 2 rings (SSSR count). The Morgan fingerprint density at radius 3 is 1.88 bits per heavy atom. The van der Waals surface area contributed by atoms with Crippen LogP contribution in [0.1, 0.15) is 168 Å². The molecule has 0 bridgehead atoms. The second-order valence-corrected chi connectivity index (χ2v) is 21.6. The van der Waals surface area contributed by atoms with Gasteiger partial charge in [-0.25, -0.2) is 13.9 Å². The molecule has 0 saturated carbocycles. The summed E-state index contributed by atoms with van der Waals surface area (Å²) in [6.07, 6.45) is 25.5. The molecule has 1 aliphatic rings. The number of unbranched alkanes of at least 4 members (excludes halogenated alkanes) is 13. The lowest BCUT2D eigenvalue weighted by atomic mass is 10.0. The Morgan fingerprint density at radius 2 is 1.29 bits per heavy atom. The summed E-state index contributed by atoms with van der Waals surface area (Å²) in [7, 11) is -11.0. The minimum atomic E-state index is -5.48. The van der Waals surface area contributed by atoms with E-state index in [0.717, 1.165) is 68.0 Å². The number of hydrogen-bond donors (Lipinski definition) is 7. The first-order valence-electron chi connectivity index (χ1n) is 25.7. The number of anilines is 1. The number of ether oxygens (including phenoxy) is 3. The Morgan fingerprint density at radius 1 is 0.750 bits per heavy atom. The van der Waals surface area contributed by atoms with Crippen molar-refractivity contribution in [2.45, 2.75) is 205 Å². The molecule has 0 spiro atoms. The normalized spacial score (nSPS) is 20.4. The molecule has 2 heterocycles. The van der Waals surface area contributed by atoms with Crippen LogP contribution in [0.4, 0.5) is 5.82 Å². The Kier molecular flexibility index (Phi) is 33.6. The molecule has 9 atom stereocenters. The molecule has 1 aromatic rings. The number of phosphoric acid groups is 2. The first-order chi connectivity index (χ1) is 34.3. The van der Waals surface area contributed by atoms with Gasteiger partial charge in [-0.05, 0) is 44.1 Å². The van der Waals surface area contributed by atoms with Crippen LogP contribution in [0.2, 0.25) is 0 Å². The molecule has 412 valence electrons. The third-order valence-corrected chi connectivity index (χ3v) is 14.2. The van der Waals surface area contributed by atoms with Crippen molar-refractivity contribution in [1.82, 2.24) is 9.55 Å². The Labute approximate surface area is 425 Å². The second kappa shape index (κ2) is 37.4. The van der Waals surface area contributed by atoms with E-state index < -0.39 is 95.9 Å². The van der Waals surface area contributed by atoms with Crippen LogP contribution in [0.15, 0.2) is 65.7 Å². The number of hydrogen-bond acceptors (Lipinski definition) is 17. The number of nitrogen functional groups attached to an aromatic ring is 1. The molecule has 0 aromatic carbocycles. The number of rotatable bonds is 41. The smallest absolute Gasteiger partial charge is 0.462 e. The van der Waals surface area contributed by atoms with Crippen molar-refractivity contribution < 1.29 is 76.5 Å². The number of aromatic nitrogens is 2. The zero-order chi connectivity index (χ0) is 53.2. The van der Waals surface area contributed by atoms with Gasteiger partial charge >= 0.3 is 33.3 Å². The first kappa shape index (κ1) is 64.8. The van der Waals surface area contributed by atoms with Crippen LogP contribution in [0.3, 0.4) is 0 Å². The highest BCUT2D eigenvalue weighted by Gasteiger charge is 2.46. The Bertz CT molecular complexity index is 1950. The minimum Gasteiger partial charge on any atom is -0.462 e. The number of esters is 2.